The maximum atomic E-state index is 14.5. The number of rotatable bonds is 5. The zero-order valence-electron chi connectivity index (χ0n) is 22.1. The molecular weight excluding hydrogens is 464 g/mol. The van der Waals surface area contributed by atoms with Crippen LogP contribution in [0.4, 0.5) is 0 Å². The molecule has 0 aromatic heterocycles. The van der Waals surface area contributed by atoms with Gasteiger partial charge in [-0.1, -0.05) is 49.6 Å². The van der Waals surface area contributed by atoms with Crippen molar-refractivity contribution in [2.24, 2.45) is 23.5 Å². The van der Waals surface area contributed by atoms with Gasteiger partial charge < -0.3 is 20.1 Å². The number of hydrogen-bond donors (Lipinski definition) is 2. The molecule has 0 spiro atoms. The zero-order chi connectivity index (χ0) is 25.9. The van der Waals surface area contributed by atoms with E-state index in [4.69, 9.17) is 20.6 Å². The lowest BCUT2D eigenvalue weighted by Crippen LogP contribution is -2.51. The van der Waals surface area contributed by atoms with Gasteiger partial charge in [0.05, 0.1) is 5.92 Å². The normalized spacial score (nSPS) is 29.1. The van der Waals surface area contributed by atoms with Gasteiger partial charge in [0, 0.05) is 35.6 Å². The van der Waals surface area contributed by atoms with Crippen LogP contribution in [0.2, 0.25) is 0 Å². The summed E-state index contributed by atoms with van der Waals surface area (Å²) in [7, 11) is 2.18. The molecular formula is C30H38N4O3. The predicted molar refractivity (Wildman–Crippen MR) is 142 cm³/mol. The first-order valence-corrected chi connectivity index (χ1v) is 13.6. The number of nitrogen functional groups attached to an aromatic ring is 1. The van der Waals surface area contributed by atoms with Crippen LogP contribution in [-0.2, 0) is 11.3 Å². The summed E-state index contributed by atoms with van der Waals surface area (Å²) in [5.41, 5.74) is 8.49. The molecule has 37 heavy (non-hydrogen) atoms. The van der Waals surface area contributed by atoms with E-state index in [0.29, 0.717) is 18.0 Å². The largest absolute Gasteiger partial charge is 0.454 e. The number of hydrogen-bond acceptors (Lipinski definition) is 5. The van der Waals surface area contributed by atoms with Crippen molar-refractivity contribution < 1.29 is 14.3 Å². The summed E-state index contributed by atoms with van der Waals surface area (Å²) in [5, 5.41) is 7.78. The lowest BCUT2D eigenvalue weighted by Gasteiger charge is -2.44. The average Bonchev–Trinajstić information content (AvgIpc) is 3.53. The van der Waals surface area contributed by atoms with Crippen molar-refractivity contribution in [2.75, 3.05) is 13.8 Å². The lowest BCUT2D eigenvalue weighted by molar-refractivity contribution is -0.135. The number of fused-ring (bicyclic) bond motifs is 2. The topological polar surface area (TPSA) is 91.9 Å². The molecule has 196 valence electrons. The smallest absolute Gasteiger partial charge is 0.231 e. The molecule has 0 radical (unpaired) electrons. The third-order valence-corrected chi connectivity index (χ3v) is 9.65. The molecule has 7 nitrogen and oxygen atoms in total. The van der Waals surface area contributed by atoms with E-state index in [9.17, 15) is 4.79 Å². The van der Waals surface area contributed by atoms with Gasteiger partial charge in [0.1, 0.15) is 5.84 Å². The highest BCUT2D eigenvalue weighted by atomic mass is 16.7. The Morgan fingerprint density at radius 2 is 1.76 bits per heavy atom. The second kappa shape index (κ2) is 9.05. The Labute approximate surface area is 219 Å². The predicted octanol–water partition coefficient (Wildman–Crippen LogP) is 4.69. The molecule has 2 aromatic carbocycles. The second-order valence-corrected chi connectivity index (χ2v) is 11.8. The summed E-state index contributed by atoms with van der Waals surface area (Å²) < 4.78 is 11.2. The molecule has 7 heteroatoms. The third kappa shape index (κ3) is 3.90. The van der Waals surface area contributed by atoms with Gasteiger partial charge in [-0.2, -0.15) is 0 Å². The number of nitrogens with one attached hydrogen (secondary N) is 1. The van der Waals surface area contributed by atoms with Crippen molar-refractivity contribution in [3.05, 3.63) is 59.2 Å². The van der Waals surface area contributed by atoms with Gasteiger partial charge in [-0.05, 0) is 62.9 Å². The van der Waals surface area contributed by atoms with Gasteiger partial charge in [-0.15, -0.1) is 0 Å². The summed E-state index contributed by atoms with van der Waals surface area (Å²) in [4.78, 5) is 19.1. The quantitative estimate of drug-likeness (QED) is 0.457. The minimum absolute atomic E-state index is 0.0126. The first-order chi connectivity index (χ1) is 17.8. The van der Waals surface area contributed by atoms with Crippen molar-refractivity contribution in [3.63, 3.8) is 0 Å². The minimum Gasteiger partial charge on any atom is -0.454 e. The van der Waals surface area contributed by atoms with Crippen LogP contribution in [-0.4, -0.2) is 47.0 Å². The highest BCUT2D eigenvalue weighted by molar-refractivity contribution is 5.95. The number of likely N-dealkylation sites (tertiary alicyclic amines) is 2. The van der Waals surface area contributed by atoms with E-state index in [1.54, 1.807) is 0 Å². The van der Waals surface area contributed by atoms with Crippen LogP contribution in [0.15, 0.2) is 42.5 Å². The molecule has 4 atom stereocenters. The molecule has 3 fully saturated rings. The molecule has 1 aliphatic carbocycles. The van der Waals surface area contributed by atoms with Crippen molar-refractivity contribution in [1.82, 2.24) is 9.80 Å². The Morgan fingerprint density at radius 3 is 2.46 bits per heavy atom. The molecule has 1 amide bonds. The van der Waals surface area contributed by atoms with E-state index in [1.807, 2.05) is 24.3 Å². The monoisotopic (exact) mass is 502 g/mol. The van der Waals surface area contributed by atoms with Crippen LogP contribution in [0.5, 0.6) is 11.5 Å². The number of nitrogens with zero attached hydrogens (tertiary/aromatic N) is 2. The summed E-state index contributed by atoms with van der Waals surface area (Å²) in [6.07, 6.45) is 6.17. The summed E-state index contributed by atoms with van der Waals surface area (Å²) in [6.45, 7) is 5.49. The van der Waals surface area contributed by atoms with Gasteiger partial charge in [-0.3, -0.25) is 15.1 Å². The van der Waals surface area contributed by atoms with Crippen LogP contribution in [0.25, 0.3) is 0 Å². The van der Waals surface area contributed by atoms with Crippen LogP contribution in [0, 0.1) is 23.2 Å². The summed E-state index contributed by atoms with van der Waals surface area (Å²) in [5.74, 6) is 2.51. The number of nitrogens with two attached hydrogens (primary N) is 1. The van der Waals surface area contributed by atoms with E-state index >= 15 is 0 Å². The van der Waals surface area contributed by atoms with E-state index in [1.165, 1.54) is 32.1 Å². The number of ether oxygens (including phenoxy) is 2. The molecule has 4 aliphatic rings. The molecule has 3 heterocycles. The number of benzene rings is 2. The van der Waals surface area contributed by atoms with Crippen LogP contribution in [0.1, 0.15) is 68.7 Å². The molecule has 0 unspecified atom stereocenters. The fourth-order valence-electron chi connectivity index (χ4n) is 7.66. The fourth-order valence-corrected chi connectivity index (χ4v) is 7.66. The molecule has 0 bridgehead atoms. The maximum Gasteiger partial charge on any atom is 0.231 e. The van der Waals surface area contributed by atoms with Gasteiger partial charge >= 0.3 is 0 Å². The van der Waals surface area contributed by atoms with E-state index in [-0.39, 0.29) is 48.0 Å². The first-order valence-electron chi connectivity index (χ1n) is 13.6. The molecule has 2 saturated heterocycles. The summed E-state index contributed by atoms with van der Waals surface area (Å²) >= 11 is 0. The third-order valence-electron chi connectivity index (χ3n) is 9.65. The molecule has 3 aliphatic heterocycles. The van der Waals surface area contributed by atoms with Crippen molar-refractivity contribution >= 4 is 11.7 Å². The van der Waals surface area contributed by atoms with Gasteiger partial charge in [0.2, 0.25) is 12.7 Å². The van der Waals surface area contributed by atoms with Gasteiger partial charge in [-0.25, -0.2) is 0 Å². The molecule has 6 rings (SSSR count). The standard InChI is InChI=1S/C30H38N4O3/c1-30(2)25-24(26(33(30)3)20-10-12-21(13-11-20)28(31)32)29(35)34(27(25)19-7-5-4-6-8-19)16-18-9-14-22-23(15-18)37-17-36-22/h9-15,19,24-27H,4-8,16-17H2,1-3H3,(H3,31,32)/t24-,25-,26-,27+/m0/s1. The Balaban J connectivity index is 1.39. The van der Waals surface area contributed by atoms with Gasteiger partial charge in [0.15, 0.2) is 11.5 Å². The Kier molecular flexibility index (Phi) is 5.94. The SMILES string of the molecule is CN1[C@@H](c2ccc(C(=N)N)cc2)[C@H]2C(=O)N(Cc3ccc4c(c3)OCO4)[C@H](C3CCCCC3)[C@H]2C1(C)C. The Morgan fingerprint density at radius 1 is 1.05 bits per heavy atom. The van der Waals surface area contributed by atoms with Crippen molar-refractivity contribution in [3.8, 4) is 11.5 Å². The van der Waals surface area contributed by atoms with Crippen molar-refractivity contribution in [2.45, 2.75) is 70.1 Å². The number of carbonyl (C=O) groups excluding carboxylic acids is 1. The maximum absolute atomic E-state index is 14.5. The Hall–Kier alpha value is -3.06. The number of amidine groups is 1. The zero-order valence-corrected chi connectivity index (χ0v) is 22.1. The Bertz CT molecular complexity index is 1200. The van der Waals surface area contributed by atoms with Gasteiger partial charge in [0.25, 0.3) is 0 Å². The first kappa shape index (κ1) is 24.3. The number of carbonyl (C=O) groups is 1. The number of amides is 1. The van der Waals surface area contributed by atoms with E-state index in [0.717, 1.165) is 22.6 Å². The molecule has 2 aromatic rings. The fraction of sp³-hybridized carbons (Fsp3) is 0.533. The lowest BCUT2D eigenvalue weighted by atomic mass is 9.71. The van der Waals surface area contributed by atoms with E-state index in [2.05, 4.69) is 48.9 Å². The second-order valence-electron chi connectivity index (χ2n) is 11.8. The molecule has 1 saturated carbocycles. The highest BCUT2D eigenvalue weighted by Gasteiger charge is 2.65. The van der Waals surface area contributed by atoms with Crippen LogP contribution in [0.3, 0.4) is 0 Å². The summed E-state index contributed by atoms with van der Waals surface area (Å²) in [6, 6.07) is 14.2. The highest BCUT2D eigenvalue weighted by Crippen LogP contribution is 2.58. The molecule has 3 N–H and O–H groups in total. The van der Waals surface area contributed by atoms with E-state index < -0.39 is 0 Å². The van der Waals surface area contributed by atoms with Crippen LogP contribution >= 0.6 is 0 Å². The average molecular weight is 503 g/mol. The van der Waals surface area contributed by atoms with Crippen molar-refractivity contribution in [1.29, 1.82) is 5.41 Å². The minimum atomic E-state index is -0.143. The van der Waals surface area contributed by atoms with Crippen LogP contribution < -0.4 is 15.2 Å².